The highest BCUT2D eigenvalue weighted by Gasteiger charge is 2.36. The van der Waals surface area contributed by atoms with Gasteiger partial charge in [-0.15, -0.1) is 0 Å². The molecule has 0 radical (unpaired) electrons. The average Bonchev–Trinajstić information content (AvgIpc) is 3.68. The van der Waals surface area contributed by atoms with Crippen LogP contribution in [0.5, 0.6) is 5.75 Å². The number of esters is 1. The molecule has 2 aromatic carbocycles. The molecule has 1 N–H and O–H groups in total. The zero-order valence-corrected chi connectivity index (χ0v) is 25.5. The van der Waals surface area contributed by atoms with Crippen LogP contribution in [0.1, 0.15) is 37.1 Å². The fourth-order valence-corrected chi connectivity index (χ4v) is 4.77. The predicted octanol–water partition coefficient (Wildman–Crippen LogP) is 5.53. The molecule has 0 spiro atoms. The van der Waals surface area contributed by atoms with Crippen LogP contribution in [0.3, 0.4) is 0 Å². The summed E-state index contributed by atoms with van der Waals surface area (Å²) in [4.78, 5) is 21.7. The maximum absolute atomic E-state index is 14.4. The van der Waals surface area contributed by atoms with Gasteiger partial charge in [-0.3, -0.25) is 4.55 Å². The van der Waals surface area contributed by atoms with Gasteiger partial charge in [0.15, 0.2) is 23.2 Å². The number of alkyl halides is 3. The maximum Gasteiger partial charge on any atom is 0.417 e. The van der Waals surface area contributed by atoms with Crippen LogP contribution in [-0.2, 0) is 30.3 Å². The summed E-state index contributed by atoms with van der Waals surface area (Å²) in [5.74, 6) is -3.92. The number of benzene rings is 2. The minimum absolute atomic E-state index is 0.0163. The van der Waals surface area contributed by atoms with E-state index in [2.05, 4.69) is 24.4 Å². The van der Waals surface area contributed by atoms with Crippen molar-refractivity contribution in [3.8, 4) is 39.8 Å². The van der Waals surface area contributed by atoms with Crippen molar-refractivity contribution < 1.29 is 57.9 Å². The number of ether oxygens (including phenoxy) is 2. The highest BCUT2D eigenvalue weighted by Crippen LogP contribution is 2.40. The molecule has 0 saturated carbocycles. The number of aromatic nitrogens is 5. The van der Waals surface area contributed by atoms with E-state index in [9.17, 15) is 35.2 Å². The number of halogens is 5. The molecule has 0 amide bonds. The van der Waals surface area contributed by atoms with Crippen molar-refractivity contribution in [2.24, 2.45) is 0 Å². The van der Waals surface area contributed by atoms with Crippen LogP contribution in [0.4, 0.5) is 22.0 Å². The van der Waals surface area contributed by atoms with Crippen molar-refractivity contribution in [3.63, 3.8) is 0 Å². The lowest BCUT2D eigenvalue weighted by Crippen LogP contribution is -2.25. The summed E-state index contributed by atoms with van der Waals surface area (Å²) in [5.41, 5.74) is -1.81. The van der Waals surface area contributed by atoms with Crippen LogP contribution < -0.4 is 4.74 Å². The van der Waals surface area contributed by atoms with Crippen molar-refractivity contribution in [1.29, 1.82) is 0 Å². The van der Waals surface area contributed by atoms with E-state index in [1.165, 1.54) is 24.4 Å². The Hall–Kier alpha value is -5.01. The Morgan fingerprint density at radius 1 is 1.02 bits per heavy atom. The van der Waals surface area contributed by atoms with Crippen molar-refractivity contribution in [3.05, 3.63) is 77.8 Å². The number of rotatable bonds is 13. The topological polar surface area (TPSA) is 169 Å². The first-order valence-corrected chi connectivity index (χ1v) is 15.4. The molecule has 13 nitrogen and oxygen atoms in total. The van der Waals surface area contributed by atoms with Crippen molar-refractivity contribution in [1.82, 2.24) is 24.9 Å². The first kappa shape index (κ1) is 34.3. The molecule has 0 bridgehead atoms. The minimum Gasteiger partial charge on any atom is -0.494 e. The standard InChI is InChI=1S/C29H24F5N5O8S/c1-2-9-44-16-7-8-17(19(12-16)29(32,33)34)21-13-24(47-38-21)26(28(40)45-10-4-11-46-48(41,42)43)39-15-23-22(14-35-39)36-27(37-23)18-5-3-6-20(30)25(18)31/h3,5-8,12-15,26H,2,4,9-11H2,1H3,(H,41,42,43). The van der Waals surface area contributed by atoms with Crippen LogP contribution in [0.15, 0.2) is 59.4 Å². The highest BCUT2D eigenvalue weighted by molar-refractivity contribution is 7.80. The maximum atomic E-state index is 14.4. The lowest BCUT2D eigenvalue weighted by molar-refractivity contribution is -0.147. The second-order valence-corrected chi connectivity index (χ2v) is 11.1. The van der Waals surface area contributed by atoms with E-state index in [1.807, 2.05) is 0 Å². The van der Waals surface area contributed by atoms with E-state index in [0.717, 1.165) is 35.1 Å². The van der Waals surface area contributed by atoms with Gasteiger partial charge in [0.05, 0.1) is 43.3 Å². The molecule has 19 heteroatoms. The number of fused-ring (bicyclic) bond motifs is 1. The molecule has 48 heavy (non-hydrogen) atoms. The van der Waals surface area contributed by atoms with Crippen molar-refractivity contribution >= 4 is 16.4 Å². The number of hydrogen-bond acceptors (Lipinski definition) is 11. The fourth-order valence-electron chi connectivity index (χ4n) is 4.44. The summed E-state index contributed by atoms with van der Waals surface area (Å²) in [6.45, 7) is 1.02. The minimum atomic E-state index is -4.82. The molecular formula is C29H24F5N5O8S. The largest absolute Gasteiger partial charge is 0.494 e. The first-order valence-electron chi connectivity index (χ1n) is 14.0. The zero-order chi connectivity index (χ0) is 34.6. The zero-order valence-electron chi connectivity index (χ0n) is 24.6. The van der Waals surface area contributed by atoms with Gasteiger partial charge in [0.2, 0.25) is 6.04 Å². The smallest absolute Gasteiger partial charge is 0.417 e. The van der Waals surface area contributed by atoms with Crippen molar-refractivity contribution in [2.45, 2.75) is 32.0 Å². The van der Waals surface area contributed by atoms with Gasteiger partial charge in [0.25, 0.3) is 0 Å². The summed E-state index contributed by atoms with van der Waals surface area (Å²) in [6, 6.07) is 6.16. The summed E-state index contributed by atoms with van der Waals surface area (Å²) < 4.78 is 122. The van der Waals surface area contributed by atoms with Gasteiger partial charge in [-0.1, -0.05) is 18.1 Å². The Morgan fingerprint density at radius 2 is 1.79 bits per heavy atom. The number of hydrogen-bond donors (Lipinski definition) is 1. The first-order chi connectivity index (χ1) is 22.7. The van der Waals surface area contributed by atoms with Crippen LogP contribution in [0.2, 0.25) is 0 Å². The van der Waals surface area contributed by atoms with E-state index in [4.69, 9.17) is 18.5 Å². The van der Waals surface area contributed by atoms with Gasteiger partial charge in [0, 0.05) is 18.1 Å². The normalized spacial score (nSPS) is 12.7. The van der Waals surface area contributed by atoms with Crippen LogP contribution in [-0.4, -0.2) is 63.7 Å². The summed E-state index contributed by atoms with van der Waals surface area (Å²) in [5, 5.41) is 7.89. The number of carbonyl (C=O) groups is 1. The van der Waals surface area contributed by atoms with Crippen LogP contribution in [0.25, 0.3) is 34.0 Å². The third kappa shape index (κ3) is 7.92. The Labute approximate surface area is 268 Å². The second kappa shape index (κ2) is 14.0. The highest BCUT2D eigenvalue weighted by atomic mass is 32.3. The van der Waals surface area contributed by atoms with Crippen molar-refractivity contribution in [2.75, 3.05) is 19.8 Å². The second-order valence-electron chi connectivity index (χ2n) is 10.0. The lowest BCUT2D eigenvalue weighted by Gasteiger charge is -2.16. The molecule has 0 saturated heterocycles. The molecule has 3 heterocycles. The average molecular weight is 698 g/mol. The summed E-state index contributed by atoms with van der Waals surface area (Å²) in [6.07, 6.45) is -2.09. The van der Waals surface area contributed by atoms with Gasteiger partial charge in [-0.05, 0) is 36.8 Å². The quantitative estimate of drug-likeness (QED) is 0.0708. The van der Waals surface area contributed by atoms with Gasteiger partial charge >= 0.3 is 22.5 Å². The molecule has 0 aliphatic carbocycles. The van der Waals surface area contributed by atoms with E-state index in [-0.39, 0.29) is 58.6 Å². The van der Waals surface area contributed by atoms with E-state index in [0.29, 0.717) is 6.42 Å². The molecule has 254 valence electrons. The Balaban J connectivity index is 1.51. The van der Waals surface area contributed by atoms with Gasteiger partial charge in [-0.2, -0.15) is 26.7 Å². The lowest BCUT2D eigenvalue weighted by atomic mass is 10.0. The molecule has 0 fully saturated rings. The van der Waals surface area contributed by atoms with Gasteiger partial charge in [0.1, 0.15) is 22.8 Å². The van der Waals surface area contributed by atoms with E-state index in [1.54, 1.807) is 6.92 Å². The van der Waals surface area contributed by atoms with E-state index >= 15 is 0 Å². The third-order valence-electron chi connectivity index (χ3n) is 6.57. The molecule has 3 aromatic rings. The predicted molar refractivity (Wildman–Crippen MR) is 154 cm³/mol. The number of carbonyl (C=O) groups excluding carboxylic acids is 1. The Morgan fingerprint density at radius 3 is 2.52 bits per heavy atom. The molecule has 1 atom stereocenters. The number of imidazole rings is 1. The molecule has 1 unspecified atom stereocenters. The Kier molecular flexibility index (Phi) is 10.0. The molecule has 5 rings (SSSR count). The molecular weight excluding hydrogens is 673 g/mol. The van der Waals surface area contributed by atoms with Gasteiger partial charge < -0.3 is 14.0 Å². The molecule has 2 aliphatic heterocycles. The number of nitrogens with zero attached hydrogens (tertiary/aromatic N) is 5. The van der Waals surface area contributed by atoms with E-state index < -0.39 is 59.0 Å². The third-order valence-corrected chi connectivity index (χ3v) is 7.04. The molecule has 2 aliphatic rings. The van der Waals surface area contributed by atoms with Gasteiger partial charge in [-0.25, -0.2) is 32.4 Å². The molecule has 1 aromatic heterocycles. The van der Waals surface area contributed by atoms with Crippen LogP contribution >= 0.6 is 0 Å². The summed E-state index contributed by atoms with van der Waals surface area (Å²) in [7, 11) is -4.74. The monoisotopic (exact) mass is 697 g/mol. The summed E-state index contributed by atoms with van der Waals surface area (Å²) >= 11 is 0. The Bertz CT molecular complexity index is 2000. The fraction of sp³-hybridized carbons (Fsp3) is 0.276. The SMILES string of the molecule is CCCOc1ccc(-c2cc(C(C(=O)OCCCOS(=O)(=O)O)n3cc4nc(-c5cccc(F)c5F)nc-4cn3)on2)c(C(F)(F)F)c1. The van der Waals surface area contributed by atoms with Crippen LogP contribution in [0, 0.1) is 11.6 Å².